The summed E-state index contributed by atoms with van der Waals surface area (Å²) in [5, 5.41) is 6.79. The van der Waals surface area contributed by atoms with Crippen LogP contribution in [0.3, 0.4) is 0 Å². The smallest absolute Gasteiger partial charge is 0.267 e. The molecule has 2 aromatic rings. The summed E-state index contributed by atoms with van der Waals surface area (Å²) < 4.78 is 11.1. The summed E-state index contributed by atoms with van der Waals surface area (Å²) in [6.07, 6.45) is 1.67. The Morgan fingerprint density at radius 1 is 1.13 bits per heavy atom. The summed E-state index contributed by atoms with van der Waals surface area (Å²) in [7, 11) is 0. The van der Waals surface area contributed by atoms with Crippen LogP contribution in [0.2, 0.25) is 0 Å². The zero-order chi connectivity index (χ0) is 15.8. The highest BCUT2D eigenvalue weighted by Crippen LogP contribution is 2.29. The first-order valence-corrected chi connectivity index (χ1v) is 7.51. The van der Waals surface area contributed by atoms with Gasteiger partial charge in [0.05, 0.1) is 24.3 Å². The van der Waals surface area contributed by atoms with Crippen LogP contribution in [0.4, 0.5) is 5.82 Å². The molecule has 0 saturated carbocycles. The van der Waals surface area contributed by atoms with Gasteiger partial charge in [0.25, 0.3) is 11.8 Å². The van der Waals surface area contributed by atoms with Crippen LogP contribution in [-0.4, -0.2) is 41.3 Å². The van der Waals surface area contributed by atoms with Crippen molar-refractivity contribution in [3.05, 3.63) is 41.5 Å². The van der Waals surface area contributed by atoms with Crippen molar-refractivity contribution in [1.82, 2.24) is 10.2 Å². The molecule has 1 aromatic heterocycles. The number of nitrogens with zero attached hydrogens (tertiary/aromatic N) is 2. The first-order valence-electron chi connectivity index (χ1n) is 7.51. The predicted octanol–water partition coefficient (Wildman–Crippen LogP) is 1.77. The van der Waals surface area contributed by atoms with E-state index in [1.165, 1.54) is 0 Å². The van der Waals surface area contributed by atoms with Crippen molar-refractivity contribution in [1.29, 1.82) is 0 Å². The lowest BCUT2D eigenvalue weighted by molar-refractivity contribution is 0.0237. The fourth-order valence-corrected chi connectivity index (χ4v) is 2.84. The Balaban J connectivity index is 1.55. The summed E-state index contributed by atoms with van der Waals surface area (Å²) >= 11 is 0. The average Bonchev–Trinajstić information content (AvgIpc) is 3.12. The molecule has 23 heavy (non-hydrogen) atoms. The number of ether oxygens (including phenoxy) is 2. The normalized spacial score (nSPS) is 18.3. The van der Waals surface area contributed by atoms with Crippen LogP contribution in [0.5, 0.6) is 5.88 Å². The summed E-state index contributed by atoms with van der Waals surface area (Å²) in [5.41, 5.74) is 0.791. The van der Waals surface area contributed by atoms with E-state index in [1.54, 1.807) is 30.3 Å². The molecule has 0 atom stereocenters. The number of anilines is 1. The van der Waals surface area contributed by atoms with Gasteiger partial charge in [0.15, 0.2) is 5.82 Å². The number of carbonyl (C=O) groups excluding carboxylic acids is 2. The Bertz CT molecular complexity index is 729. The van der Waals surface area contributed by atoms with Crippen molar-refractivity contribution in [3.63, 3.8) is 0 Å². The Labute approximate surface area is 132 Å². The third-order valence-corrected chi connectivity index (χ3v) is 4.03. The zero-order valence-corrected chi connectivity index (χ0v) is 12.3. The van der Waals surface area contributed by atoms with Gasteiger partial charge in [-0.25, -0.2) is 10.00 Å². The number of H-pyrrole nitrogens is 1. The van der Waals surface area contributed by atoms with Gasteiger partial charge in [-0.05, 0) is 12.1 Å². The molecule has 1 N–H and O–H groups in total. The quantitative estimate of drug-likeness (QED) is 0.873. The van der Waals surface area contributed by atoms with Crippen LogP contribution >= 0.6 is 0 Å². The number of fused-ring (bicyclic) bond motifs is 1. The molecule has 1 aromatic carbocycles. The predicted molar refractivity (Wildman–Crippen MR) is 80.6 cm³/mol. The minimum absolute atomic E-state index is 0.0548. The van der Waals surface area contributed by atoms with Crippen LogP contribution in [0.25, 0.3) is 0 Å². The second-order valence-electron chi connectivity index (χ2n) is 5.51. The number of hydrogen-bond donors (Lipinski definition) is 1. The summed E-state index contributed by atoms with van der Waals surface area (Å²) in [6.45, 7) is 1.34. The SMILES string of the molecule is O=C1c2ccccc2C(=O)N1c1cc(OC2CCOCC2)[nH]n1. The van der Waals surface area contributed by atoms with E-state index in [9.17, 15) is 9.59 Å². The lowest BCUT2D eigenvalue weighted by atomic mass is 10.1. The lowest BCUT2D eigenvalue weighted by Crippen LogP contribution is -2.29. The average molecular weight is 313 g/mol. The molecule has 2 aliphatic rings. The third kappa shape index (κ3) is 2.39. The third-order valence-electron chi connectivity index (χ3n) is 4.03. The minimum atomic E-state index is -0.366. The molecule has 7 nitrogen and oxygen atoms in total. The Hall–Kier alpha value is -2.67. The van der Waals surface area contributed by atoms with Crippen molar-refractivity contribution >= 4 is 17.6 Å². The Morgan fingerprint density at radius 2 is 1.78 bits per heavy atom. The van der Waals surface area contributed by atoms with Gasteiger partial charge in [0.1, 0.15) is 6.10 Å². The van der Waals surface area contributed by atoms with E-state index >= 15 is 0 Å². The van der Waals surface area contributed by atoms with Crippen LogP contribution in [0.1, 0.15) is 33.6 Å². The van der Waals surface area contributed by atoms with Gasteiger partial charge < -0.3 is 9.47 Å². The Morgan fingerprint density at radius 3 is 2.43 bits per heavy atom. The van der Waals surface area contributed by atoms with Crippen LogP contribution in [-0.2, 0) is 4.74 Å². The summed E-state index contributed by atoms with van der Waals surface area (Å²) in [5.74, 6) is -0.0360. The molecule has 0 radical (unpaired) electrons. The second-order valence-corrected chi connectivity index (χ2v) is 5.51. The first kappa shape index (κ1) is 14.0. The van der Waals surface area contributed by atoms with Gasteiger partial charge >= 0.3 is 0 Å². The first-order chi connectivity index (χ1) is 11.2. The van der Waals surface area contributed by atoms with Gasteiger partial charge in [-0.1, -0.05) is 12.1 Å². The van der Waals surface area contributed by atoms with E-state index in [-0.39, 0.29) is 23.7 Å². The van der Waals surface area contributed by atoms with Gasteiger partial charge in [-0.15, -0.1) is 0 Å². The monoisotopic (exact) mass is 313 g/mol. The maximum atomic E-state index is 12.4. The number of nitrogens with one attached hydrogen (secondary N) is 1. The lowest BCUT2D eigenvalue weighted by Gasteiger charge is -2.22. The molecule has 1 saturated heterocycles. The number of benzene rings is 1. The molecule has 0 unspecified atom stereocenters. The van der Waals surface area contributed by atoms with Gasteiger partial charge in [0.2, 0.25) is 5.88 Å². The standard InChI is InChI=1S/C16H15N3O4/c20-15-11-3-1-2-4-12(11)16(21)19(15)13-9-14(18-17-13)23-10-5-7-22-8-6-10/h1-4,9-10H,5-8H2,(H,17,18). The van der Waals surface area contributed by atoms with E-state index in [4.69, 9.17) is 9.47 Å². The van der Waals surface area contributed by atoms with E-state index in [0.717, 1.165) is 17.7 Å². The number of amides is 2. The van der Waals surface area contributed by atoms with Gasteiger partial charge in [0, 0.05) is 18.9 Å². The number of carbonyl (C=O) groups is 2. The molecular weight excluding hydrogens is 298 g/mol. The molecule has 118 valence electrons. The van der Waals surface area contributed by atoms with Gasteiger partial charge in [-0.2, -0.15) is 5.10 Å². The van der Waals surface area contributed by atoms with Crippen LogP contribution in [0, 0.1) is 0 Å². The molecule has 7 heteroatoms. The number of aromatic nitrogens is 2. The molecule has 0 bridgehead atoms. The highest BCUT2D eigenvalue weighted by Gasteiger charge is 2.37. The summed E-state index contributed by atoms with van der Waals surface area (Å²) in [4.78, 5) is 25.9. The van der Waals surface area contributed by atoms with E-state index in [0.29, 0.717) is 30.2 Å². The molecule has 0 aliphatic carbocycles. The van der Waals surface area contributed by atoms with Gasteiger partial charge in [-0.3, -0.25) is 9.59 Å². The second kappa shape index (κ2) is 5.51. The van der Waals surface area contributed by atoms with Crippen molar-refractivity contribution in [3.8, 4) is 5.88 Å². The van der Waals surface area contributed by atoms with E-state index in [2.05, 4.69) is 10.2 Å². The summed E-state index contributed by atoms with van der Waals surface area (Å²) in [6, 6.07) is 8.33. The van der Waals surface area contributed by atoms with Crippen molar-refractivity contribution in [2.24, 2.45) is 0 Å². The maximum Gasteiger partial charge on any atom is 0.267 e. The zero-order valence-electron chi connectivity index (χ0n) is 12.3. The topological polar surface area (TPSA) is 84.5 Å². The molecule has 0 spiro atoms. The van der Waals surface area contributed by atoms with E-state index in [1.807, 2.05) is 0 Å². The fourth-order valence-electron chi connectivity index (χ4n) is 2.84. The molecule has 1 fully saturated rings. The maximum absolute atomic E-state index is 12.4. The number of hydrogen-bond acceptors (Lipinski definition) is 5. The number of aromatic amines is 1. The van der Waals surface area contributed by atoms with Crippen molar-refractivity contribution in [2.75, 3.05) is 18.1 Å². The molecule has 3 heterocycles. The van der Waals surface area contributed by atoms with Crippen molar-refractivity contribution in [2.45, 2.75) is 18.9 Å². The van der Waals surface area contributed by atoms with Crippen LogP contribution in [0.15, 0.2) is 30.3 Å². The molecule has 2 aliphatic heterocycles. The Kier molecular flexibility index (Phi) is 3.34. The van der Waals surface area contributed by atoms with Crippen molar-refractivity contribution < 1.29 is 19.1 Å². The highest BCUT2D eigenvalue weighted by atomic mass is 16.5. The largest absolute Gasteiger partial charge is 0.474 e. The number of rotatable bonds is 3. The molecular formula is C16H15N3O4. The molecule has 2 amide bonds. The molecule has 4 rings (SSSR count). The van der Waals surface area contributed by atoms with E-state index < -0.39 is 0 Å². The number of imide groups is 1. The fraction of sp³-hybridized carbons (Fsp3) is 0.312. The highest BCUT2D eigenvalue weighted by molar-refractivity contribution is 6.34. The van der Waals surface area contributed by atoms with Crippen LogP contribution < -0.4 is 9.64 Å². The minimum Gasteiger partial charge on any atom is -0.474 e.